The van der Waals surface area contributed by atoms with Crippen molar-refractivity contribution in [2.75, 3.05) is 6.54 Å². The first-order valence-electron chi connectivity index (χ1n) is 7.41. The maximum absolute atomic E-state index is 13.5. The van der Waals surface area contributed by atoms with Gasteiger partial charge in [-0.15, -0.1) is 0 Å². The fraction of sp³-hybridized carbons (Fsp3) is 0.647. The molecule has 0 amide bonds. The van der Waals surface area contributed by atoms with Crippen LogP contribution in [0.3, 0.4) is 0 Å². The first-order valence-corrected chi connectivity index (χ1v) is 7.79. The Balaban J connectivity index is 2.73. The second kappa shape index (κ2) is 7.42. The highest BCUT2D eigenvalue weighted by Crippen LogP contribution is 2.30. The van der Waals surface area contributed by atoms with E-state index in [1.165, 1.54) is 0 Å². The van der Waals surface area contributed by atoms with E-state index < -0.39 is 0 Å². The largest absolute Gasteiger partial charge is 0.314 e. The Bertz CT molecular complexity index is 425. The van der Waals surface area contributed by atoms with Crippen LogP contribution >= 0.6 is 11.6 Å². The number of hydrogen-bond acceptors (Lipinski definition) is 1. The zero-order chi connectivity index (χ0) is 15.3. The van der Waals surface area contributed by atoms with E-state index in [0.29, 0.717) is 17.4 Å². The molecule has 3 heteroatoms. The van der Waals surface area contributed by atoms with Crippen LogP contribution in [0.4, 0.5) is 4.39 Å². The van der Waals surface area contributed by atoms with E-state index in [1.807, 2.05) is 6.07 Å². The van der Waals surface area contributed by atoms with E-state index in [9.17, 15) is 4.39 Å². The molecule has 1 N–H and O–H groups in total. The smallest absolute Gasteiger partial charge is 0.142 e. The maximum atomic E-state index is 13.5. The summed E-state index contributed by atoms with van der Waals surface area (Å²) in [5.41, 5.74) is 1.29. The summed E-state index contributed by atoms with van der Waals surface area (Å²) in [4.78, 5) is 0. The highest BCUT2D eigenvalue weighted by atomic mass is 35.5. The van der Waals surface area contributed by atoms with Crippen molar-refractivity contribution in [3.05, 3.63) is 34.6 Å². The zero-order valence-corrected chi connectivity index (χ0v) is 14.0. The molecule has 0 saturated carbocycles. The molecule has 2 unspecified atom stereocenters. The lowest BCUT2D eigenvalue weighted by Crippen LogP contribution is -2.35. The molecule has 1 aromatic rings. The Morgan fingerprint density at radius 3 is 2.45 bits per heavy atom. The number of likely N-dealkylation sites (N-methyl/N-ethyl adjacent to an activating group) is 1. The fourth-order valence-electron chi connectivity index (χ4n) is 2.26. The second-order valence-corrected chi connectivity index (χ2v) is 7.12. The summed E-state index contributed by atoms with van der Waals surface area (Å²) in [6.07, 6.45) is 1.92. The molecular weight excluding hydrogens is 273 g/mol. The Morgan fingerprint density at radius 1 is 1.30 bits per heavy atom. The summed E-state index contributed by atoms with van der Waals surface area (Å²) < 4.78 is 13.5. The molecular formula is C17H27ClFN. The molecule has 0 aliphatic heterocycles. The first-order chi connectivity index (χ1) is 9.24. The molecule has 20 heavy (non-hydrogen) atoms. The molecule has 0 bridgehead atoms. The SMILES string of the molecule is CCNC(Cc1ccc(Cl)c(F)c1)CC(C)C(C)(C)C. The third-order valence-electron chi connectivity index (χ3n) is 4.08. The molecule has 0 aromatic heterocycles. The van der Waals surface area contributed by atoms with E-state index in [4.69, 9.17) is 11.6 Å². The van der Waals surface area contributed by atoms with Crippen molar-refractivity contribution in [2.24, 2.45) is 11.3 Å². The van der Waals surface area contributed by atoms with Crippen LogP contribution in [-0.2, 0) is 6.42 Å². The van der Waals surface area contributed by atoms with Gasteiger partial charge in [-0.1, -0.05) is 52.3 Å². The summed E-state index contributed by atoms with van der Waals surface area (Å²) in [5, 5.41) is 3.70. The molecule has 1 aromatic carbocycles. The Labute approximate surface area is 127 Å². The third kappa shape index (κ3) is 5.41. The Hall–Kier alpha value is -0.600. The summed E-state index contributed by atoms with van der Waals surface area (Å²) >= 11 is 5.73. The predicted molar refractivity (Wildman–Crippen MR) is 85.8 cm³/mol. The average Bonchev–Trinajstić information content (AvgIpc) is 2.33. The van der Waals surface area contributed by atoms with Crippen molar-refractivity contribution in [2.45, 2.75) is 53.5 Å². The van der Waals surface area contributed by atoms with Crippen LogP contribution in [0.25, 0.3) is 0 Å². The highest BCUT2D eigenvalue weighted by molar-refractivity contribution is 6.30. The molecule has 114 valence electrons. The van der Waals surface area contributed by atoms with Crippen molar-refractivity contribution < 1.29 is 4.39 Å². The van der Waals surface area contributed by atoms with Gasteiger partial charge >= 0.3 is 0 Å². The predicted octanol–water partition coefficient (Wildman–Crippen LogP) is 5.07. The molecule has 0 aliphatic rings. The molecule has 0 spiro atoms. The van der Waals surface area contributed by atoms with E-state index in [1.54, 1.807) is 12.1 Å². The summed E-state index contributed by atoms with van der Waals surface area (Å²) in [6.45, 7) is 12.1. The topological polar surface area (TPSA) is 12.0 Å². The van der Waals surface area contributed by atoms with Crippen molar-refractivity contribution in [3.8, 4) is 0 Å². The highest BCUT2D eigenvalue weighted by Gasteiger charge is 2.23. The van der Waals surface area contributed by atoms with Gasteiger partial charge in [0.05, 0.1) is 5.02 Å². The van der Waals surface area contributed by atoms with E-state index >= 15 is 0 Å². The lowest BCUT2D eigenvalue weighted by Gasteiger charge is -2.31. The molecule has 1 rings (SSSR count). The monoisotopic (exact) mass is 299 g/mol. The lowest BCUT2D eigenvalue weighted by molar-refractivity contribution is 0.222. The average molecular weight is 300 g/mol. The van der Waals surface area contributed by atoms with Crippen LogP contribution in [0.5, 0.6) is 0 Å². The van der Waals surface area contributed by atoms with Crippen LogP contribution in [0.1, 0.15) is 46.6 Å². The van der Waals surface area contributed by atoms with E-state index in [0.717, 1.165) is 24.9 Å². The Morgan fingerprint density at radius 2 is 1.95 bits per heavy atom. The van der Waals surface area contributed by atoms with Crippen LogP contribution in [0.2, 0.25) is 5.02 Å². The standard InChI is InChI=1S/C17H27ClFN/c1-6-20-14(9-12(2)17(3,4)5)10-13-7-8-15(18)16(19)11-13/h7-8,11-12,14,20H,6,9-10H2,1-5H3. The molecule has 0 heterocycles. The van der Waals surface area contributed by atoms with Gasteiger partial charge in [0.15, 0.2) is 0 Å². The van der Waals surface area contributed by atoms with E-state index in [2.05, 4.69) is 39.9 Å². The molecule has 0 saturated heterocycles. The second-order valence-electron chi connectivity index (χ2n) is 6.71. The van der Waals surface area contributed by atoms with Gasteiger partial charge in [0.25, 0.3) is 0 Å². The minimum Gasteiger partial charge on any atom is -0.314 e. The van der Waals surface area contributed by atoms with Gasteiger partial charge in [-0.05, 0) is 48.4 Å². The van der Waals surface area contributed by atoms with Crippen LogP contribution < -0.4 is 5.32 Å². The van der Waals surface area contributed by atoms with E-state index in [-0.39, 0.29) is 10.8 Å². The fourth-order valence-corrected chi connectivity index (χ4v) is 2.38. The molecule has 0 radical (unpaired) electrons. The van der Waals surface area contributed by atoms with Gasteiger partial charge in [0.1, 0.15) is 5.82 Å². The number of benzene rings is 1. The molecule has 1 nitrogen and oxygen atoms in total. The summed E-state index contributed by atoms with van der Waals surface area (Å²) in [5.74, 6) is 0.270. The first kappa shape index (κ1) is 17.5. The molecule has 2 atom stereocenters. The summed E-state index contributed by atoms with van der Waals surface area (Å²) in [7, 11) is 0. The van der Waals surface area contributed by atoms with Crippen molar-refractivity contribution >= 4 is 11.6 Å². The third-order valence-corrected chi connectivity index (χ3v) is 4.38. The molecule has 0 aliphatic carbocycles. The van der Waals surface area contributed by atoms with Crippen LogP contribution in [0.15, 0.2) is 18.2 Å². The quantitative estimate of drug-likeness (QED) is 0.773. The number of rotatable bonds is 6. The number of halogens is 2. The number of hydrogen-bond donors (Lipinski definition) is 1. The van der Waals surface area contributed by atoms with Gasteiger partial charge in [-0.3, -0.25) is 0 Å². The maximum Gasteiger partial charge on any atom is 0.142 e. The van der Waals surface area contributed by atoms with Gasteiger partial charge in [0.2, 0.25) is 0 Å². The summed E-state index contributed by atoms with van der Waals surface area (Å²) in [6, 6.07) is 5.48. The van der Waals surface area contributed by atoms with Crippen LogP contribution in [-0.4, -0.2) is 12.6 Å². The van der Waals surface area contributed by atoms with Crippen molar-refractivity contribution in [1.29, 1.82) is 0 Å². The normalized spacial score (nSPS) is 15.2. The number of nitrogens with one attached hydrogen (secondary N) is 1. The van der Waals surface area contributed by atoms with Gasteiger partial charge in [-0.25, -0.2) is 4.39 Å². The van der Waals surface area contributed by atoms with Crippen LogP contribution in [0, 0.1) is 17.2 Å². The van der Waals surface area contributed by atoms with Gasteiger partial charge in [-0.2, -0.15) is 0 Å². The van der Waals surface area contributed by atoms with Crippen molar-refractivity contribution in [1.82, 2.24) is 5.32 Å². The molecule has 0 fully saturated rings. The lowest BCUT2D eigenvalue weighted by atomic mass is 9.78. The van der Waals surface area contributed by atoms with Gasteiger partial charge in [0, 0.05) is 6.04 Å². The van der Waals surface area contributed by atoms with Gasteiger partial charge < -0.3 is 5.32 Å². The van der Waals surface area contributed by atoms with Crippen molar-refractivity contribution in [3.63, 3.8) is 0 Å². The zero-order valence-electron chi connectivity index (χ0n) is 13.3. The minimum atomic E-state index is -0.330. The minimum absolute atomic E-state index is 0.191. The Kier molecular flexibility index (Phi) is 6.47.